The van der Waals surface area contributed by atoms with Crippen molar-refractivity contribution in [3.8, 4) is 0 Å². The van der Waals surface area contributed by atoms with Gasteiger partial charge in [-0.15, -0.1) is 0 Å². The van der Waals surface area contributed by atoms with E-state index in [1.807, 2.05) is 6.08 Å². The highest BCUT2D eigenvalue weighted by atomic mass is 16.5. The van der Waals surface area contributed by atoms with Crippen LogP contribution in [0.15, 0.2) is 60.4 Å². The lowest BCUT2D eigenvalue weighted by Crippen LogP contribution is -1.98. The van der Waals surface area contributed by atoms with Crippen molar-refractivity contribution >= 4 is 0 Å². The summed E-state index contributed by atoms with van der Waals surface area (Å²) in [6.07, 6.45) is 21.1. The third kappa shape index (κ3) is 2.30. The third-order valence-corrected chi connectivity index (χ3v) is 2.88. The number of rotatable bonds is 3. The van der Waals surface area contributed by atoms with Crippen molar-refractivity contribution in [2.24, 2.45) is 5.41 Å². The van der Waals surface area contributed by atoms with E-state index < -0.39 is 0 Å². The lowest BCUT2D eigenvalue weighted by atomic mass is 9.94. The van der Waals surface area contributed by atoms with Crippen LogP contribution in [0, 0.1) is 5.41 Å². The van der Waals surface area contributed by atoms with E-state index in [1.54, 1.807) is 13.4 Å². The van der Waals surface area contributed by atoms with Gasteiger partial charge in [-0.3, -0.25) is 0 Å². The molecule has 1 saturated carbocycles. The predicted molar refractivity (Wildman–Crippen MR) is 63.3 cm³/mol. The molecule has 78 valence electrons. The minimum Gasteiger partial charge on any atom is -0.505 e. The van der Waals surface area contributed by atoms with Crippen LogP contribution < -0.4 is 0 Å². The monoisotopic (exact) mass is 200 g/mol. The van der Waals surface area contributed by atoms with E-state index in [1.165, 1.54) is 18.4 Å². The molecule has 0 aromatic heterocycles. The largest absolute Gasteiger partial charge is 0.505 e. The van der Waals surface area contributed by atoms with Gasteiger partial charge in [0.25, 0.3) is 0 Å². The van der Waals surface area contributed by atoms with Gasteiger partial charge >= 0.3 is 0 Å². The molecule has 0 atom stereocenters. The van der Waals surface area contributed by atoms with Gasteiger partial charge in [0.1, 0.15) is 0 Å². The second-order valence-electron chi connectivity index (χ2n) is 3.95. The van der Waals surface area contributed by atoms with Crippen LogP contribution in [0.4, 0.5) is 0 Å². The molecule has 0 saturated heterocycles. The Morgan fingerprint density at radius 1 is 1.13 bits per heavy atom. The van der Waals surface area contributed by atoms with E-state index in [0.29, 0.717) is 0 Å². The standard InChI is InChI=1S/C14H16O/c1-15-12-11-14(9-10-14)13-7-5-3-2-4-6-8-13/h2-8,11-12H,9-10H2,1H3. The molecule has 0 bridgehead atoms. The molecule has 0 radical (unpaired) electrons. The minimum atomic E-state index is 0.238. The minimum absolute atomic E-state index is 0.238. The first-order valence-electron chi connectivity index (χ1n) is 5.30. The zero-order chi connectivity index (χ0) is 10.6. The van der Waals surface area contributed by atoms with E-state index in [4.69, 9.17) is 4.74 Å². The Kier molecular flexibility index (Phi) is 2.91. The van der Waals surface area contributed by atoms with Crippen LogP contribution in [0.3, 0.4) is 0 Å². The lowest BCUT2D eigenvalue weighted by molar-refractivity contribution is 0.334. The SMILES string of the molecule is COC=CC1(C2=CC=CC=CC=C2)CC1. The first kappa shape index (κ1) is 10.0. The van der Waals surface area contributed by atoms with Crippen molar-refractivity contribution in [2.45, 2.75) is 12.8 Å². The van der Waals surface area contributed by atoms with E-state index in [0.717, 1.165) is 0 Å². The van der Waals surface area contributed by atoms with Gasteiger partial charge in [0.15, 0.2) is 0 Å². The average Bonchev–Trinajstić information content (AvgIpc) is 2.95. The quantitative estimate of drug-likeness (QED) is 0.633. The Morgan fingerprint density at radius 2 is 1.87 bits per heavy atom. The first-order valence-corrected chi connectivity index (χ1v) is 5.30. The molecule has 2 aliphatic rings. The van der Waals surface area contributed by atoms with Gasteiger partial charge in [-0.05, 0) is 24.5 Å². The lowest BCUT2D eigenvalue weighted by Gasteiger charge is -2.11. The molecule has 0 amide bonds. The summed E-state index contributed by atoms with van der Waals surface area (Å²) in [4.78, 5) is 0. The molecule has 15 heavy (non-hydrogen) atoms. The Balaban J connectivity index is 2.19. The normalized spacial score (nSPS) is 22.3. The van der Waals surface area contributed by atoms with Gasteiger partial charge < -0.3 is 4.74 Å². The molecular formula is C14H16O. The summed E-state index contributed by atoms with van der Waals surface area (Å²) in [5, 5.41) is 0. The smallest absolute Gasteiger partial charge is 0.0793 e. The topological polar surface area (TPSA) is 9.23 Å². The highest BCUT2D eigenvalue weighted by Gasteiger charge is 2.42. The van der Waals surface area contributed by atoms with Crippen molar-refractivity contribution in [3.05, 3.63) is 60.4 Å². The maximum absolute atomic E-state index is 5.00. The van der Waals surface area contributed by atoms with Gasteiger partial charge in [-0.2, -0.15) is 0 Å². The molecular weight excluding hydrogens is 184 g/mol. The fourth-order valence-electron chi connectivity index (χ4n) is 1.78. The van der Waals surface area contributed by atoms with Gasteiger partial charge in [0.2, 0.25) is 0 Å². The van der Waals surface area contributed by atoms with Crippen molar-refractivity contribution in [1.29, 1.82) is 0 Å². The number of allylic oxidation sites excluding steroid dienone is 9. The molecule has 2 rings (SSSR count). The molecule has 0 spiro atoms. The van der Waals surface area contributed by atoms with E-state index in [9.17, 15) is 0 Å². The molecule has 0 unspecified atom stereocenters. The molecule has 2 aliphatic carbocycles. The van der Waals surface area contributed by atoms with Crippen LogP contribution in [-0.4, -0.2) is 7.11 Å². The van der Waals surface area contributed by atoms with Crippen LogP contribution in [0.1, 0.15) is 12.8 Å². The maximum Gasteiger partial charge on any atom is 0.0793 e. The van der Waals surface area contributed by atoms with Crippen molar-refractivity contribution in [3.63, 3.8) is 0 Å². The zero-order valence-corrected chi connectivity index (χ0v) is 9.02. The fraction of sp³-hybridized carbons (Fsp3) is 0.286. The molecule has 1 nitrogen and oxygen atoms in total. The molecule has 1 heteroatoms. The van der Waals surface area contributed by atoms with Crippen molar-refractivity contribution in [2.75, 3.05) is 7.11 Å². The second kappa shape index (κ2) is 4.35. The molecule has 0 aliphatic heterocycles. The summed E-state index contributed by atoms with van der Waals surface area (Å²) in [5.74, 6) is 0. The van der Waals surface area contributed by atoms with Gasteiger partial charge in [-0.25, -0.2) is 0 Å². The molecule has 0 aromatic carbocycles. The highest BCUT2D eigenvalue weighted by molar-refractivity contribution is 5.41. The fourth-order valence-corrected chi connectivity index (χ4v) is 1.78. The number of ether oxygens (including phenoxy) is 1. The number of methoxy groups -OCH3 is 1. The second-order valence-corrected chi connectivity index (χ2v) is 3.95. The molecule has 0 heterocycles. The molecule has 1 fully saturated rings. The van der Waals surface area contributed by atoms with Crippen molar-refractivity contribution in [1.82, 2.24) is 0 Å². The number of hydrogen-bond donors (Lipinski definition) is 0. The molecule has 0 aromatic rings. The summed E-state index contributed by atoms with van der Waals surface area (Å²) in [5.41, 5.74) is 1.61. The van der Waals surface area contributed by atoms with Crippen LogP contribution in [0.25, 0.3) is 0 Å². The summed E-state index contributed by atoms with van der Waals surface area (Å²) in [6.45, 7) is 0. The summed E-state index contributed by atoms with van der Waals surface area (Å²) >= 11 is 0. The third-order valence-electron chi connectivity index (χ3n) is 2.88. The average molecular weight is 200 g/mol. The van der Waals surface area contributed by atoms with Crippen molar-refractivity contribution < 1.29 is 4.74 Å². The predicted octanol–water partition coefficient (Wildman–Crippen LogP) is 3.54. The number of hydrogen-bond acceptors (Lipinski definition) is 1. The summed E-state index contributed by atoms with van der Waals surface area (Å²) in [6, 6.07) is 0. The van der Waals surface area contributed by atoms with Gasteiger partial charge in [-0.1, -0.05) is 42.5 Å². The molecule has 0 N–H and O–H groups in total. The van der Waals surface area contributed by atoms with E-state index in [-0.39, 0.29) is 5.41 Å². The van der Waals surface area contributed by atoms with Crippen LogP contribution in [-0.2, 0) is 4.74 Å². The van der Waals surface area contributed by atoms with E-state index >= 15 is 0 Å². The first-order chi connectivity index (χ1) is 7.37. The van der Waals surface area contributed by atoms with Crippen LogP contribution in [0.2, 0.25) is 0 Å². The van der Waals surface area contributed by atoms with Gasteiger partial charge in [0.05, 0.1) is 13.4 Å². The van der Waals surface area contributed by atoms with Crippen LogP contribution in [0.5, 0.6) is 0 Å². The van der Waals surface area contributed by atoms with Gasteiger partial charge in [0, 0.05) is 5.41 Å². The van der Waals surface area contributed by atoms with E-state index in [2.05, 4.69) is 42.5 Å². The zero-order valence-electron chi connectivity index (χ0n) is 9.02. The Hall–Kier alpha value is -1.50. The highest BCUT2D eigenvalue weighted by Crippen LogP contribution is 2.53. The maximum atomic E-state index is 5.00. The Morgan fingerprint density at radius 3 is 2.60 bits per heavy atom. The Labute approximate surface area is 91.1 Å². The Bertz CT molecular complexity index is 363. The van der Waals surface area contributed by atoms with Crippen LogP contribution >= 0.6 is 0 Å². The summed E-state index contributed by atoms with van der Waals surface area (Å²) < 4.78 is 5.00. The summed E-state index contributed by atoms with van der Waals surface area (Å²) in [7, 11) is 1.69.